The van der Waals surface area contributed by atoms with Gasteiger partial charge in [0.15, 0.2) is 0 Å². The number of rotatable bonds is 2. The molecule has 0 heterocycles. The Bertz CT molecular complexity index is 537. The molecule has 88 valence electrons. The van der Waals surface area contributed by atoms with Crippen molar-refractivity contribution >= 4 is 28.7 Å². The van der Waals surface area contributed by atoms with Crippen LogP contribution in [0.15, 0.2) is 42.5 Å². The number of halogens is 1. The summed E-state index contributed by atoms with van der Waals surface area (Å²) in [5, 5.41) is 0.689. The lowest BCUT2D eigenvalue weighted by Gasteiger charge is -2.23. The van der Waals surface area contributed by atoms with Gasteiger partial charge in [-0.3, -0.25) is 0 Å². The fourth-order valence-corrected chi connectivity index (χ4v) is 2.04. The van der Waals surface area contributed by atoms with E-state index in [1.165, 1.54) is 5.56 Å². The van der Waals surface area contributed by atoms with E-state index in [0.717, 1.165) is 17.1 Å². The van der Waals surface area contributed by atoms with Crippen LogP contribution in [0.25, 0.3) is 0 Å². The van der Waals surface area contributed by atoms with Gasteiger partial charge < -0.3 is 10.6 Å². The Labute approximate surface area is 107 Å². The number of hydrogen-bond donors (Lipinski definition) is 1. The van der Waals surface area contributed by atoms with E-state index in [2.05, 4.69) is 24.0 Å². The monoisotopic (exact) mass is 246 g/mol. The van der Waals surface area contributed by atoms with Gasteiger partial charge in [-0.2, -0.15) is 0 Å². The molecule has 0 aromatic heterocycles. The average Bonchev–Trinajstić information content (AvgIpc) is 2.32. The van der Waals surface area contributed by atoms with Crippen LogP contribution in [0.5, 0.6) is 0 Å². The van der Waals surface area contributed by atoms with Crippen molar-refractivity contribution in [1.29, 1.82) is 0 Å². The van der Waals surface area contributed by atoms with Crippen LogP contribution < -0.4 is 10.6 Å². The molecular weight excluding hydrogens is 232 g/mol. The average molecular weight is 247 g/mol. The van der Waals surface area contributed by atoms with Crippen LogP contribution in [0.4, 0.5) is 17.1 Å². The normalized spacial score (nSPS) is 10.3. The summed E-state index contributed by atoms with van der Waals surface area (Å²) in [4.78, 5) is 2.05. The molecule has 0 saturated carbocycles. The highest BCUT2D eigenvalue weighted by molar-refractivity contribution is 6.31. The molecular formula is C14H15ClN2. The van der Waals surface area contributed by atoms with Gasteiger partial charge in [0.05, 0.1) is 11.4 Å². The fourth-order valence-electron chi connectivity index (χ4n) is 1.88. The van der Waals surface area contributed by atoms with E-state index >= 15 is 0 Å². The van der Waals surface area contributed by atoms with Gasteiger partial charge in [0.2, 0.25) is 0 Å². The zero-order valence-corrected chi connectivity index (χ0v) is 10.7. The first-order chi connectivity index (χ1) is 8.09. The van der Waals surface area contributed by atoms with E-state index in [0.29, 0.717) is 5.02 Å². The van der Waals surface area contributed by atoms with Crippen LogP contribution in [0.3, 0.4) is 0 Å². The summed E-state index contributed by atoms with van der Waals surface area (Å²) in [6.45, 7) is 2.08. The molecule has 2 aromatic carbocycles. The smallest absolute Gasteiger partial charge is 0.0656 e. The molecule has 0 aliphatic rings. The van der Waals surface area contributed by atoms with Crippen molar-refractivity contribution in [2.45, 2.75) is 6.92 Å². The molecule has 0 amide bonds. The minimum atomic E-state index is 0.689. The number of para-hydroxylation sites is 1. The van der Waals surface area contributed by atoms with Crippen LogP contribution in [-0.4, -0.2) is 7.05 Å². The third-order valence-electron chi connectivity index (χ3n) is 2.83. The van der Waals surface area contributed by atoms with E-state index in [1.807, 2.05) is 31.3 Å². The van der Waals surface area contributed by atoms with E-state index in [-0.39, 0.29) is 0 Å². The topological polar surface area (TPSA) is 29.3 Å². The van der Waals surface area contributed by atoms with Crippen molar-refractivity contribution in [1.82, 2.24) is 0 Å². The molecule has 0 fully saturated rings. The lowest BCUT2D eigenvalue weighted by molar-refractivity contribution is 1.19. The number of nitrogens with zero attached hydrogens (tertiary/aromatic N) is 1. The zero-order valence-electron chi connectivity index (χ0n) is 9.94. The van der Waals surface area contributed by atoms with Gasteiger partial charge in [-0.05, 0) is 36.8 Å². The predicted molar refractivity (Wildman–Crippen MR) is 75.1 cm³/mol. The van der Waals surface area contributed by atoms with Crippen molar-refractivity contribution in [2.24, 2.45) is 0 Å². The third kappa shape index (κ3) is 2.37. The highest BCUT2D eigenvalue weighted by Crippen LogP contribution is 2.32. The van der Waals surface area contributed by atoms with Crippen LogP contribution >= 0.6 is 11.6 Å². The Morgan fingerprint density at radius 3 is 2.47 bits per heavy atom. The summed E-state index contributed by atoms with van der Waals surface area (Å²) in [7, 11) is 1.99. The van der Waals surface area contributed by atoms with Gasteiger partial charge in [-0.1, -0.05) is 29.8 Å². The molecule has 3 heteroatoms. The summed E-state index contributed by atoms with van der Waals surface area (Å²) in [5.74, 6) is 0. The molecule has 0 saturated heterocycles. The molecule has 0 aliphatic carbocycles. The minimum Gasteiger partial charge on any atom is -0.397 e. The van der Waals surface area contributed by atoms with Gasteiger partial charge in [-0.25, -0.2) is 0 Å². The molecule has 0 atom stereocenters. The van der Waals surface area contributed by atoms with E-state index in [9.17, 15) is 0 Å². The molecule has 0 unspecified atom stereocenters. The summed E-state index contributed by atoms with van der Waals surface area (Å²) >= 11 is 6.01. The quantitative estimate of drug-likeness (QED) is 0.812. The zero-order chi connectivity index (χ0) is 12.4. The van der Waals surface area contributed by atoms with Crippen LogP contribution in [0.2, 0.25) is 5.02 Å². The highest BCUT2D eigenvalue weighted by atomic mass is 35.5. The number of aryl methyl sites for hydroxylation is 1. The fraction of sp³-hybridized carbons (Fsp3) is 0.143. The van der Waals surface area contributed by atoms with Gasteiger partial charge in [-0.15, -0.1) is 0 Å². The van der Waals surface area contributed by atoms with Crippen LogP contribution in [-0.2, 0) is 0 Å². The Morgan fingerprint density at radius 1 is 1.06 bits per heavy atom. The molecule has 17 heavy (non-hydrogen) atoms. The van der Waals surface area contributed by atoms with Crippen LogP contribution in [0, 0.1) is 6.92 Å². The molecule has 0 aliphatic heterocycles. The van der Waals surface area contributed by atoms with Crippen molar-refractivity contribution < 1.29 is 0 Å². The summed E-state index contributed by atoms with van der Waals surface area (Å²) < 4.78 is 0. The second-order valence-corrected chi connectivity index (χ2v) is 4.49. The molecule has 2 nitrogen and oxygen atoms in total. The van der Waals surface area contributed by atoms with Gasteiger partial charge in [0, 0.05) is 17.8 Å². The number of benzene rings is 2. The standard InChI is InChI=1S/C14H15ClN2/c1-10-5-3-4-6-13(10)17(2)14-9-11(15)7-8-12(14)16/h3-9H,16H2,1-2H3. The summed E-state index contributed by atoms with van der Waals surface area (Å²) in [5.41, 5.74) is 9.95. The second-order valence-electron chi connectivity index (χ2n) is 4.05. The minimum absolute atomic E-state index is 0.689. The lowest BCUT2D eigenvalue weighted by Crippen LogP contribution is -2.12. The van der Waals surface area contributed by atoms with E-state index < -0.39 is 0 Å². The highest BCUT2D eigenvalue weighted by Gasteiger charge is 2.09. The largest absolute Gasteiger partial charge is 0.397 e. The number of nitrogen functional groups attached to an aromatic ring is 1. The Balaban J connectivity index is 2.47. The molecule has 2 N–H and O–H groups in total. The van der Waals surface area contributed by atoms with Gasteiger partial charge in [0.25, 0.3) is 0 Å². The first-order valence-corrected chi connectivity index (χ1v) is 5.82. The number of hydrogen-bond acceptors (Lipinski definition) is 2. The molecule has 2 rings (SSSR count). The predicted octanol–water partition coefficient (Wildman–Crippen LogP) is 4.00. The van der Waals surface area contributed by atoms with E-state index in [4.69, 9.17) is 17.3 Å². The van der Waals surface area contributed by atoms with E-state index in [1.54, 1.807) is 6.07 Å². The number of anilines is 3. The third-order valence-corrected chi connectivity index (χ3v) is 3.07. The maximum Gasteiger partial charge on any atom is 0.0656 e. The molecule has 0 bridgehead atoms. The van der Waals surface area contributed by atoms with Crippen molar-refractivity contribution in [3.63, 3.8) is 0 Å². The molecule has 0 spiro atoms. The summed E-state index contributed by atoms with van der Waals surface area (Å²) in [6, 6.07) is 13.7. The SMILES string of the molecule is Cc1ccccc1N(C)c1cc(Cl)ccc1N. The first kappa shape index (κ1) is 11.8. The number of nitrogens with two attached hydrogens (primary N) is 1. The second kappa shape index (κ2) is 4.68. The maximum atomic E-state index is 6.01. The molecule has 2 aromatic rings. The Kier molecular flexibility index (Phi) is 3.25. The van der Waals surface area contributed by atoms with Gasteiger partial charge in [0.1, 0.15) is 0 Å². The maximum absolute atomic E-state index is 6.01. The van der Waals surface area contributed by atoms with Crippen LogP contribution in [0.1, 0.15) is 5.56 Å². The summed E-state index contributed by atoms with van der Waals surface area (Å²) in [6.07, 6.45) is 0. The van der Waals surface area contributed by atoms with Crippen molar-refractivity contribution in [2.75, 3.05) is 17.7 Å². The Morgan fingerprint density at radius 2 is 1.76 bits per heavy atom. The van der Waals surface area contributed by atoms with Gasteiger partial charge >= 0.3 is 0 Å². The first-order valence-electron chi connectivity index (χ1n) is 5.44. The van der Waals surface area contributed by atoms with Crippen molar-refractivity contribution in [3.05, 3.63) is 53.1 Å². The van der Waals surface area contributed by atoms with Crippen molar-refractivity contribution in [3.8, 4) is 0 Å². The lowest BCUT2D eigenvalue weighted by atomic mass is 10.1. The molecule has 0 radical (unpaired) electrons. The Hall–Kier alpha value is -1.67.